The van der Waals surface area contributed by atoms with Crippen molar-refractivity contribution in [1.29, 1.82) is 0 Å². The molecule has 1 aliphatic carbocycles. The summed E-state index contributed by atoms with van der Waals surface area (Å²) in [7, 11) is 1.71. The van der Waals surface area contributed by atoms with Gasteiger partial charge in [-0.1, -0.05) is 0 Å². The number of amides is 2. The fourth-order valence-electron chi connectivity index (χ4n) is 2.64. The molecule has 0 radical (unpaired) electrons. The van der Waals surface area contributed by atoms with Crippen LogP contribution in [0.1, 0.15) is 35.2 Å². The lowest BCUT2D eigenvalue weighted by atomic mass is 10.1. The van der Waals surface area contributed by atoms with Crippen molar-refractivity contribution in [2.75, 3.05) is 20.2 Å². The Labute approximate surface area is 134 Å². The maximum Gasteiger partial charge on any atom is 0.251 e. The molecule has 3 rings (SSSR count). The van der Waals surface area contributed by atoms with Crippen LogP contribution in [0.3, 0.4) is 0 Å². The molecule has 1 N–H and O–H groups in total. The fourth-order valence-corrected chi connectivity index (χ4v) is 2.64. The van der Waals surface area contributed by atoms with E-state index in [0.717, 1.165) is 0 Å². The number of halogens is 1. The van der Waals surface area contributed by atoms with E-state index in [1.165, 1.54) is 31.0 Å². The number of benzene rings is 1. The molecule has 0 bridgehead atoms. The highest BCUT2D eigenvalue weighted by atomic mass is 19.1. The summed E-state index contributed by atoms with van der Waals surface area (Å²) in [6, 6.07) is 3.71. The molecular formula is C17H21FN2O3. The normalized spacial score (nSPS) is 20.9. The zero-order chi connectivity index (χ0) is 16.4. The van der Waals surface area contributed by atoms with Crippen LogP contribution in [-0.2, 0) is 16.1 Å². The zero-order valence-corrected chi connectivity index (χ0v) is 13.2. The maximum atomic E-state index is 13.8. The second-order valence-electron chi connectivity index (χ2n) is 6.34. The van der Waals surface area contributed by atoms with Crippen molar-refractivity contribution in [1.82, 2.24) is 10.2 Å². The van der Waals surface area contributed by atoms with E-state index in [1.807, 2.05) is 0 Å². The minimum atomic E-state index is -0.493. The van der Waals surface area contributed by atoms with Gasteiger partial charge in [-0.3, -0.25) is 9.59 Å². The number of carbonyl (C=O) groups is 2. The van der Waals surface area contributed by atoms with E-state index >= 15 is 0 Å². The van der Waals surface area contributed by atoms with Gasteiger partial charge in [-0.05, 0) is 43.4 Å². The number of nitrogens with zero attached hydrogens (tertiary/aromatic N) is 1. The van der Waals surface area contributed by atoms with Gasteiger partial charge in [0, 0.05) is 31.3 Å². The molecule has 1 saturated heterocycles. The van der Waals surface area contributed by atoms with Crippen LogP contribution in [0.25, 0.3) is 0 Å². The van der Waals surface area contributed by atoms with Crippen molar-refractivity contribution >= 4 is 11.8 Å². The first-order chi connectivity index (χ1) is 11.0. The lowest BCUT2D eigenvalue weighted by Gasteiger charge is -2.13. The van der Waals surface area contributed by atoms with Crippen molar-refractivity contribution in [2.24, 2.45) is 5.92 Å². The van der Waals surface area contributed by atoms with E-state index in [0.29, 0.717) is 36.6 Å². The second-order valence-corrected chi connectivity index (χ2v) is 6.34. The maximum absolute atomic E-state index is 13.8. The van der Waals surface area contributed by atoms with Crippen molar-refractivity contribution < 1.29 is 18.7 Å². The Balaban J connectivity index is 1.61. The molecule has 1 saturated carbocycles. The van der Waals surface area contributed by atoms with E-state index in [2.05, 4.69) is 5.32 Å². The monoisotopic (exact) mass is 320 g/mol. The third-order valence-electron chi connectivity index (χ3n) is 4.35. The molecule has 5 nitrogen and oxygen atoms in total. The first kappa shape index (κ1) is 15.9. The van der Waals surface area contributed by atoms with Gasteiger partial charge in [0.25, 0.3) is 5.91 Å². The van der Waals surface area contributed by atoms with Gasteiger partial charge in [0.15, 0.2) is 0 Å². The summed E-state index contributed by atoms with van der Waals surface area (Å²) >= 11 is 0. The van der Waals surface area contributed by atoms with Gasteiger partial charge >= 0.3 is 0 Å². The number of hydrogen-bond donors (Lipinski definition) is 1. The topological polar surface area (TPSA) is 58.6 Å². The number of rotatable bonds is 6. The summed E-state index contributed by atoms with van der Waals surface area (Å²) in [6.07, 6.45) is 2.95. The number of ether oxygens (including phenoxy) is 1. The van der Waals surface area contributed by atoms with E-state index in [4.69, 9.17) is 4.74 Å². The van der Waals surface area contributed by atoms with Crippen LogP contribution in [-0.4, -0.2) is 43.0 Å². The number of hydrogen-bond acceptors (Lipinski definition) is 3. The van der Waals surface area contributed by atoms with Crippen molar-refractivity contribution in [3.05, 3.63) is 35.1 Å². The van der Waals surface area contributed by atoms with Crippen molar-refractivity contribution in [3.8, 4) is 0 Å². The van der Waals surface area contributed by atoms with Crippen LogP contribution < -0.4 is 5.32 Å². The number of nitrogens with one attached hydrogen (secondary N) is 1. The van der Waals surface area contributed by atoms with Gasteiger partial charge in [0.1, 0.15) is 11.9 Å². The third-order valence-corrected chi connectivity index (χ3v) is 4.35. The Morgan fingerprint density at radius 2 is 2.17 bits per heavy atom. The van der Waals surface area contributed by atoms with Crippen LogP contribution >= 0.6 is 0 Å². The van der Waals surface area contributed by atoms with Crippen LogP contribution in [0.2, 0.25) is 0 Å². The predicted octanol–water partition coefficient (Wildman–Crippen LogP) is 1.71. The van der Waals surface area contributed by atoms with Gasteiger partial charge in [-0.25, -0.2) is 4.39 Å². The van der Waals surface area contributed by atoms with E-state index in [9.17, 15) is 14.0 Å². The van der Waals surface area contributed by atoms with Crippen LogP contribution in [0, 0.1) is 11.7 Å². The third kappa shape index (κ3) is 3.88. The van der Waals surface area contributed by atoms with Gasteiger partial charge < -0.3 is 15.0 Å². The Morgan fingerprint density at radius 1 is 1.39 bits per heavy atom. The highest BCUT2D eigenvalue weighted by Gasteiger charge is 2.30. The molecule has 1 aromatic rings. The largest absolute Gasteiger partial charge is 0.376 e. The smallest absolute Gasteiger partial charge is 0.251 e. The Bertz CT molecular complexity index is 616. The lowest BCUT2D eigenvalue weighted by Crippen LogP contribution is -2.40. The summed E-state index contributed by atoms with van der Waals surface area (Å²) in [5.74, 6) is -0.223. The number of likely N-dealkylation sites (N-methyl/N-ethyl adjacent to an activating group) is 1. The zero-order valence-electron chi connectivity index (χ0n) is 13.2. The van der Waals surface area contributed by atoms with Crippen LogP contribution in [0.5, 0.6) is 0 Å². The second kappa shape index (κ2) is 6.66. The van der Waals surface area contributed by atoms with Crippen molar-refractivity contribution in [3.63, 3.8) is 0 Å². The molecule has 124 valence electrons. The lowest BCUT2D eigenvalue weighted by molar-refractivity contribution is -0.128. The molecule has 2 fully saturated rings. The molecule has 0 unspecified atom stereocenters. The Morgan fingerprint density at radius 3 is 2.83 bits per heavy atom. The standard InChI is InChI=1S/C17H21FN2O3/c1-20-7-6-15(17(20)22)19-16(21)12-4-5-14(18)13(8-12)10-23-9-11-2-3-11/h4-5,8,11,15H,2-3,6-7,9-10H2,1H3,(H,19,21)/t15-/m0/s1. The van der Waals surface area contributed by atoms with E-state index < -0.39 is 6.04 Å². The first-order valence-corrected chi connectivity index (χ1v) is 7.96. The summed E-state index contributed by atoms with van der Waals surface area (Å²) in [5, 5.41) is 2.71. The van der Waals surface area contributed by atoms with Crippen LogP contribution in [0.15, 0.2) is 18.2 Å². The van der Waals surface area contributed by atoms with Gasteiger partial charge in [-0.2, -0.15) is 0 Å². The average molecular weight is 320 g/mol. The van der Waals surface area contributed by atoms with Crippen LogP contribution in [0.4, 0.5) is 4.39 Å². The molecule has 1 aliphatic heterocycles. The molecule has 0 spiro atoms. The summed E-state index contributed by atoms with van der Waals surface area (Å²) in [4.78, 5) is 25.7. The highest BCUT2D eigenvalue weighted by molar-refractivity contribution is 5.98. The molecule has 1 aromatic carbocycles. The average Bonchev–Trinajstić information content (AvgIpc) is 3.31. The Kier molecular flexibility index (Phi) is 4.61. The fraction of sp³-hybridized carbons (Fsp3) is 0.529. The molecule has 2 aliphatic rings. The molecule has 1 atom stereocenters. The molecular weight excluding hydrogens is 299 g/mol. The summed E-state index contributed by atoms with van der Waals surface area (Å²) in [6.45, 7) is 1.43. The molecule has 1 heterocycles. The predicted molar refractivity (Wildman–Crippen MR) is 82.3 cm³/mol. The summed E-state index contributed by atoms with van der Waals surface area (Å²) in [5.41, 5.74) is 0.715. The van der Waals surface area contributed by atoms with E-state index in [-0.39, 0.29) is 24.2 Å². The molecule has 0 aromatic heterocycles. The van der Waals surface area contributed by atoms with Crippen molar-refractivity contribution in [2.45, 2.75) is 31.9 Å². The van der Waals surface area contributed by atoms with Gasteiger partial charge in [0.05, 0.1) is 6.61 Å². The number of likely N-dealkylation sites (tertiary alicyclic amines) is 1. The molecule has 6 heteroatoms. The summed E-state index contributed by atoms with van der Waals surface area (Å²) < 4.78 is 19.3. The first-order valence-electron chi connectivity index (χ1n) is 7.96. The molecule has 23 heavy (non-hydrogen) atoms. The Hall–Kier alpha value is -1.95. The number of carbonyl (C=O) groups excluding carboxylic acids is 2. The van der Waals surface area contributed by atoms with E-state index in [1.54, 1.807) is 11.9 Å². The highest BCUT2D eigenvalue weighted by Crippen LogP contribution is 2.29. The SMILES string of the molecule is CN1CC[C@H](NC(=O)c2ccc(F)c(COCC3CC3)c2)C1=O. The molecule has 2 amide bonds. The quantitative estimate of drug-likeness (QED) is 0.868. The minimum absolute atomic E-state index is 0.0894. The minimum Gasteiger partial charge on any atom is -0.376 e. The van der Waals surface area contributed by atoms with Gasteiger partial charge in [0.2, 0.25) is 5.91 Å². The van der Waals surface area contributed by atoms with Gasteiger partial charge in [-0.15, -0.1) is 0 Å².